The number of rotatable bonds is 9. The molecular weight excluding hydrogens is 496 g/mol. The molecule has 2 aliphatic carbocycles. The Morgan fingerprint density at radius 3 is 2.68 bits per heavy atom. The van der Waals surface area contributed by atoms with E-state index >= 15 is 4.39 Å². The minimum Gasteiger partial charge on any atom is -0.492 e. The molecule has 2 amide bonds. The maximum atomic E-state index is 15.5. The molecule has 3 N–H and O–H groups in total. The number of aromatic nitrogens is 3. The van der Waals surface area contributed by atoms with Crippen LogP contribution in [0.2, 0.25) is 0 Å². The highest BCUT2D eigenvalue weighted by Crippen LogP contribution is 2.39. The van der Waals surface area contributed by atoms with Crippen molar-refractivity contribution in [2.75, 3.05) is 20.3 Å². The highest BCUT2D eigenvalue weighted by molar-refractivity contribution is 6.09. The van der Waals surface area contributed by atoms with E-state index < -0.39 is 30.0 Å². The van der Waals surface area contributed by atoms with E-state index in [0.717, 1.165) is 12.8 Å². The number of aryl methyl sites for hydroxylation is 2. The Balaban J connectivity index is 1.43. The summed E-state index contributed by atoms with van der Waals surface area (Å²) in [4.78, 5) is 36.9. The Bertz CT molecular complexity index is 1370. The lowest BCUT2D eigenvalue weighted by Gasteiger charge is -2.15. The van der Waals surface area contributed by atoms with Crippen LogP contribution in [-0.4, -0.2) is 65.3 Å². The summed E-state index contributed by atoms with van der Waals surface area (Å²) in [5.74, 6) is -0.444. The Morgan fingerprint density at radius 1 is 1.16 bits per heavy atom. The van der Waals surface area contributed by atoms with Crippen LogP contribution in [0.1, 0.15) is 47.3 Å². The number of carbonyl (C=O) groups excluding carboxylic acids is 2. The zero-order valence-corrected chi connectivity index (χ0v) is 21.6. The van der Waals surface area contributed by atoms with E-state index in [1.165, 1.54) is 13.4 Å². The minimum absolute atomic E-state index is 0.0931. The van der Waals surface area contributed by atoms with Gasteiger partial charge >= 0.3 is 0 Å². The molecule has 2 aliphatic rings. The number of fused-ring (bicyclic) bond motifs is 1. The van der Waals surface area contributed by atoms with Gasteiger partial charge in [0.15, 0.2) is 0 Å². The van der Waals surface area contributed by atoms with E-state index in [0.29, 0.717) is 40.6 Å². The fraction of sp³-hybridized carbons (Fsp3) is 0.481. The van der Waals surface area contributed by atoms with Crippen molar-refractivity contribution in [1.82, 2.24) is 25.6 Å². The number of benzene rings is 1. The molecule has 9 nitrogen and oxygen atoms in total. The number of alkyl halides is 1. The first-order chi connectivity index (χ1) is 18.3. The summed E-state index contributed by atoms with van der Waals surface area (Å²) in [5, 5.41) is 5.48. The van der Waals surface area contributed by atoms with Crippen molar-refractivity contribution in [3.8, 4) is 17.0 Å². The first kappa shape index (κ1) is 26.0. The molecule has 0 aliphatic heterocycles. The molecule has 3 atom stereocenters. The predicted octanol–water partition coefficient (Wildman–Crippen LogP) is 3.53. The summed E-state index contributed by atoms with van der Waals surface area (Å²) in [6, 6.07) is 2.21. The number of hydrogen-bond acceptors (Lipinski definition) is 6. The Hall–Kier alpha value is -3.60. The lowest BCUT2D eigenvalue weighted by molar-refractivity contribution is -0.125. The quantitative estimate of drug-likeness (QED) is 0.392. The summed E-state index contributed by atoms with van der Waals surface area (Å²) in [5.41, 5.74) is 2.35. The fourth-order valence-corrected chi connectivity index (χ4v) is 4.98. The normalized spacial score (nSPS) is 21.0. The Labute approximate surface area is 218 Å². The van der Waals surface area contributed by atoms with E-state index in [1.54, 1.807) is 26.0 Å². The van der Waals surface area contributed by atoms with Gasteiger partial charge in [0.1, 0.15) is 41.9 Å². The molecule has 3 unspecified atom stereocenters. The van der Waals surface area contributed by atoms with Gasteiger partial charge in [0.25, 0.3) is 5.91 Å². The number of methoxy groups -OCH3 is 1. The summed E-state index contributed by atoms with van der Waals surface area (Å²) in [7, 11) is 1.41. The maximum Gasteiger partial charge on any atom is 0.255 e. The standard InChI is InChI=1S/C27H31F2N5O4/c1-13-4-7-19(38-10-15-5-6-15)22(23(13)29)25-26-24(30-12-31-25)21(14(2)32-26)27(36)34-18-9-16(8-17(18)28)33-20(35)11-37-3/h4,7,12,15-18,32H,5-6,8-11H2,1-3H3,(H,33,35)(H,34,36). The molecule has 2 fully saturated rings. The predicted molar refractivity (Wildman–Crippen MR) is 136 cm³/mol. The van der Waals surface area contributed by atoms with E-state index in [2.05, 4.69) is 25.6 Å². The number of amides is 2. The van der Waals surface area contributed by atoms with Crippen LogP contribution < -0.4 is 15.4 Å². The Morgan fingerprint density at radius 2 is 1.95 bits per heavy atom. The van der Waals surface area contributed by atoms with Crippen molar-refractivity contribution in [3.05, 3.63) is 41.1 Å². The molecular formula is C27H31F2N5O4. The third kappa shape index (κ3) is 5.20. The third-order valence-corrected chi connectivity index (χ3v) is 7.15. The van der Waals surface area contributed by atoms with Gasteiger partial charge in [-0.25, -0.2) is 18.7 Å². The van der Waals surface area contributed by atoms with Crippen LogP contribution in [0.3, 0.4) is 0 Å². The smallest absolute Gasteiger partial charge is 0.255 e. The van der Waals surface area contributed by atoms with Crippen molar-refractivity contribution >= 4 is 22.8 Å². The van der Waals surface area contributed by atoms with Crippen molar-refractivity contribution in [2.45, 2.75) is 57.8 Å². The van der Waals surface area contributed by atoms with Gasteiger partial charge in [-0.15, -0.1) is 0 Å². The number of halogens is 2. The molecule has 0 saturated heterocycles. The molecule has 38 heavy (non-hydrogen) atoms. The number of carbonyl (C=O) groups is 2. The van der Waals surface area contributed by atoms with Crippen molar-refractivity contribution < 1.29 is 27.8 Å². The summed E-state index contributed by atoms with van der Waals surface area (Å²) < 4.78 is 41.0. The second kappa shape index (κ2) is 10.6. The summed E-state index contributed by atoms with van der Waals surface area (Å²) in [6.45, 7) is 3.75. The lowest BCUT2D eigenvalue weighted by atomic mass is 10.0. The Kier molecular flexibility index (Phi) is 7.29. The van der Waals surface area contributed by atoms with Gasteiger partial charge in [0, 0.05) is 25.3 Å². The van der Waals surface area contributed by atoms with E-state index in [1.807, 2.05) is 0 Å². The number of H-pyrrole nitrogens is 1. The molecule has 3 aromatic rings. The molecule has 2 aromatic heterocycles. The topological polar surface area (TPSA) is 118 Å². The third-order valence-electron chi connectivity index (χ3n) is 7.15. The molecule has 2 heterocycles. The average Bonchev–Trinajstić information content (AvgIpc) is 3.55. The number of hydrogen-bond donors (Lipinski definition) is 3. The van der Waals surface area contributed by atoms with Gasteiger partial charge in [0.05, 0.1) is 29.3 Å². The first-order valence-corrected chi connectivity index (χ1v) is 12.8. The van der Waals surface area contributed by atoms with Gasteiger partial charge in [-0.2, -0.15) is 0 Å². The van der Waals surface area contributed by atoms with Crippen LogP contribution in [0.25, 0.3) is 22.3 Å². The van der Waals surface area contributed by atoms with Crippen LogP contribution in [-0.2, 0) is 9.53 Å². The number of ether oxygens (including phenoxy) is 2. The zero-order chi connectivity index (χ0) is 27.0. The number of nitrogens with one attached hydrogen (secondary N) is 3. The maximum absolute atomic E-state index is 15.5. The fourth-order valence-electron chi connectivity index (χ4n) is 4.98. The SMILES string of the molecule is COCC(=O)NC1CC(F)C(NC(=O)c2c(C)[nH]c3c(-c4c(OCC5CC5)ccc(C)c4F)ncnc23)C1. The van der Waals surface area contributed by atoms with Gasteiger partial charge in [0.2, 0.25) is 5.91 Å². The molecule has 0 bridgehead atoms. The molecule has 0 spiro atoms. The molecule has 202 valence electrons. The monoisotopic (exact) mass is 527 g/mol. The number of nitrogens with zero attached hydrogens (tertiary/aromatic N) is 2. The molecule has 0 radical (unpaired) electrons. The molecule has 11 heteroatoms. The largest absolute Gasteiger partial charge is 0.492 e. The van der Waals surface area contributed by atoms with E-state index in [-0.39, 0.29) is 42.2 Å². The van der Waals surface area contributed by atoms with Crippen LogP contribution in [0.5, 0.6) is 5.75 Å². The average molecular weight is 528 g/mol. The van der Waals surface area contributed by atoms with Crippen molar-refractivity contribution in [3.63, 3.8) is 0 Å². The molecule has 1 aromatic carbocycles. The first-order valence-electron chi connectivity index (χ1n) is 12.8. The highest BCUT2D eigenvalue weighted by Gasteiger charge is 2.37. The van der Waals surface area contributed by atoms with E-state index in [4.69, 9.17) is 9.47 Å². The highest BCUT2D eigenvalue weighted by atomic mass is 19.1. The van der Waals surface area contributed by atoms with Crippen LogP contribution in [0.4, 0.5) is 8.78 Å². The van der Waals surface area contributed by atoms with Gasteiger partial charge in [-0.3, -0.25) is 9.59 Å². The van der Waals surface area contributed by atoms with E-state index in [9.17, 15) is 14.0 Å². The van der Waals surface area contributed by atoms with Gasteiger partial charge < -0.3 is 25.1 Å². The van der Waals surface area contributed by atoms with Crippen molar-refractivity contribution in [2.24, 2.45) is 5.92 Å². The van der Waals surface area contributed by atoms with Gasteiger partial charge in [-0.05, 0) is 50.7 Å². The zero-order valence-electron chi connectivity index (χ0n) is 21.6. The van der Waals surface area contributed by atoms with Crippen LogP contribution >= 0.6 is 0 Å². The molecule has 5 rings (SSSR count). The summed E-state index contributed by atoms with van der Waals surface area (Å²) >= 11 is 0. The van der Waals surface area contributed by atoms with Crippen molar-refractivity contribution in [1.29, 1.82) is 0 Å². The second-order valence-electron chi connectivity index (χ2n) is 10.2. The second-order valence-corrected chi connectivity index (χ2v) is 10.2. The molecule has 2 saturated carbocycles. The minimum atomic E-state index is -1.32. The summed E-state index contributed by atoms with van der Waals surface area (Å²) in [6.07, 6.45) is 2.49. The number of aromatic amines is 1. The van der Waals surface area contributed by atoms with Crippen LogP contribution in [0, 0.1) is 25.6 Å². The lowest BCUT2D eigenvalue weighted by Crippen LogP contribution is -2.40. The van der Waals surface area contributed by atoms with Crippen LogP contribution in [0.15, 0.2) is 18.5 Å². The van der Waals surface area contributed by atoms with Gasteiger partial charge in [-0.1, -0.05) is 6.07 Å².